The van der Waals surface area contributed by atoms with E-state index in [2.05, 4.69) is 52.3 Å². The monoisotopic (exact) mass is 352 g/mol. The summed E-state index contributed by atoms with van der Waals surface area (Å²) in [7, 11) is 1.69. The first-order valence-corrected chi connectivity index (χ1v) is 7.97. The number of halogens is 2. The van der Waals surface area contributed by atoms with E-state index < -0.39 is 0 Å². The molecule has 0 aromatic heterocycles. The first-order chi connectivity index (χ1) is 9.71. The van der Waals surface area contributed by atoms with E-state index in [4.69, 9.17) is 16.3 Å². The van der Waals surface area contributed by atoms with Crippen molar-refractivity contribution in [2.45, 2.75) is 12.8 Å². The average molecular weight is 354 g/mol. The third kappa shape index (κ3) is 4.53. The minimum Gasteiger partial charge on any atom is -0.497 e. The Bertz CT molecular complexity index is 539. The molecule has 20 heavy (non-hydrogen) atoms. The van der Waals surface area contributed by atoms with Crippen LogP contribution in [0.4, 0.5) is 0 Å². The fourth-order valence-corrected chi connectivity index (χ4v) is 2.75. The quantitative estimate of drug-likeness (QED) is 0.657. The van der Waals surface area contributed by atoms with Crippen LogP contribution in [0.5, 0.6) is 5.75 Å². The Morgan fingerprint density at radius 2 is 1.75 bits per heavy atom. The summed E-state index contributed by atoms with van der Waals surface area (Å²) < 4.78 is 6.37. The Balaban J connectivity index is 2.02. The zero-order chi connectivity index (χ0) is 14.4. The first-order valence-electron chi connectivity index (χ1n) is 6.64. The molecule has 106 valence electrons. The van der Waals surface area contributed by atoms with Gasteiger partial charge in [0, 0.05) is 10.4 Å². The van der Waals surface area contributed by atoms with Crippen molar-refractivity contribution in [2.24, 2.45) is 5.92 Å². The van der Waals surface area contributed by atoms with Crippen LogP contribution in [0.3, 0.4) is 0 Å². The maximum atomic E-state index is 6.13. The summed E-state index contributed by atoms with van der Waals surface area (Å²) in [5.74, 6) is 2.00. The van der Waals surface area contributed by atoms with Crippen LogP contribution in [0.2, 0.25) is 0 Å². The lowest BCUT2D eigenvalue weighted by atomic mass is 9.94. The number of hydrogen-bond donors (Lipinski definition) is 0. The predicted molar refractivity (Wildman–Crippen MR) is 88.8 cm³/mol. The van der Waals surface area contributed by atoms with Crippen LogP contribution >= 0.6 is 27.5 Å². The molecule has 0 saturated heterocycles. The fraction of sp³-hybridized carbons (Fsp3) is 0.294. The first kappa shape index (κ1) is 15.4. The van der Waals surface area contributed by atoms with Gasteiger partial charge < -0.3 is 4.74 Å². The zero-order valence-corrected chi connectivity index (χ0v) is 13.8. The van der Waals surface area contributed by atoms with Crippen LogP contribution in [0.15, 0.2) is 53.0 Å². The van der Waals surface area contributed by atoms with Crippen molar-refractivity contribution in [2.75, 3.05) is 13.0 Å². The van der Waals surface area contributed by atoms with Crippen molar-refractivity contribution in [3.63, 3.8) is 0 Å². The summed E-state index contributed by atoms with van der Waals surface area (Å²) in [5, 5.41) is 0. The van der Waals surface area contributed by atoms with Crippen LogP contribution in [0.25, 0.3) is 0 Å². The molecule has 2 aromatic rings. The van der Waals surface area contributed by atoms with E-state index in [9.17, 15) is 0 Å². The maximum absolute atomic E-state index is 6.13. The molecule has 0 bridgehead atoms. The lowest BCUT2D eigenvalue weighted by molar-refractivity contribution is 0.414. The minimum absolute atomic E-state index is 0.435. The van der Waals surface area contributed by atoms with Gasteiger partial charge in [-0.25, -0.2) is 0 Å². The van der Waals surface area contributed by atoms with E-state index in [1.165, 1.54) is 11.1 Å². The third-order valence-electron chi connectivity index (χ3n) is 3.31. The Hall–Kier alpha value is -0.990. The molecule has 0 saturated carbocycles. The molecular weight excluding hydrogens is 336 g/mol. The molecule has 0 N–H and O–H groups in total. The lowest BCUT2D eigenvalue weighted by Gasteiger charge is -2.14. The second-order valence-electron chi connectivity index (χ2n) is 4.91. The molecule has 3 heteroatoms. The van der Waals surface area contributed by atoms with Gasteiger partial charge in [-0.1, -0.05) is 40.2 Å². The van der Waals surface area contributed by atoms with Crippen LogP contribution in [0, 0.1) is 5.92 Å². The molecule has 0 radical (unpaired) electrons. The molecule has 0 heterocycles. The summed E-state index contributed by atoms with van der Waals surface area (Å²) >= 11 is 9.59. The fourth-order valence-electron chi connectivity index (χ4n) is 2.27. The number of benzene rings is 2. The van der Waals surface area contributed by atoms with E-state index in [0.29, 0.717) is 11.8 Å². The van der Waals surface area contributed by atoms with E-state index in [1.807, 2.05) is 12.1 Å². The van der Waals surface area contributed by atoms with Crippen LogP contribution in [0.1, 0.15) is 11.1 Å². The summed E-state index contributed by atoms with van der Waals surface area (Å²) in [6.45, 7) is 0. The standard InChI is InChI=1S/C17H18BrClO/c1-20-17-4-2-3-14(11-17)10-15(12-19)9-13-5-7-16(18)8-6-13/h2-8,11,15H,9-10,12H2,1H3. The van der Waals surface area contributed by atoms with Crippen molar-refractivity contribution in [3.8, 4) is 5.75 Å². The second-order valence-corrected chi connectivity index (χ2v) is 6.13. The Morgan fingerprint density at radius 3 is 2.40 bits per heavy atom. The smallest absolute Gasteiger partial charge is 0.119 e. The Morgan fingerprint density at radius 1 is 1.05 bits per heavy atom. The van der Waals surface area contributed by atoms with Gasteiger partial charge in [-0.2, -0.15) is 0 Å². The number of ether oxygens (including phenoxy) is 1. The molecule has 2 aromatic carbocycles. The highest BCUT2D eigenvalue weighted by molar-refractivity contribution is 9.10. The largest absolute Gasteiger partial charge is 0.497 e. The van der Waals surface area contributed by atoms with Crippen LogP contribution < -0.4 is 4.74 Å². The summed E-state index contributed by atoms with van der Waals surface area (Å²) in [6, 6.07) is 16.7. The van der Waals surface area contributed by atoms with Gasteiger partial charge in [0.2, 0.25) is 0 Å². The molecule has 0 aliphatic rings. The SMILES string of the molecule is COc1cccc(CC(CCl)Cc2ccc(Br)cc2)c1. The molecule has 1 atom stereocenters. The van der Waals surface area contributed by atoms with E-state index in [1.54, 1.807) is 7.11 Å². The van der Waals surface area contributed by atoms with Crippen LogP contribution in [-0.2, 0) is 12.8 Å². The normalized spacial score (nSPS) is 12.2. The summed E-state index contributed by atoms with van der Waals surface area (Å²) in [5.41, 5.74) is 2.59. The molecule has 0 aliphatic heterocycles. The van der Waals surface area contributed by atoms with Gasteiger partial charge in [-0.3, -0.25) is 0 Å². The zero-order valence-electron chi connectivity index (χ0n) is 11.5. The van der Waals surface area contributed by atoms with Crippen LogP contribution in [-0.4, -0.2) is 13.0 Å². The molecule has 0 spiro atoms. The van der Waals surface area contributed by atoms with Crippen molar-refractivity contribution in [3.05, 3.63) is 64.1 Å². The molecule has 1 unspecified atom stereocenters. The van der Waals surface area contributed by atoms with Crippen molar-refractivity contribution in [1.82, 2.24) is 0 Å². The highest BCUT2D eigenvalue weighted by Gasteiger charge is 2.10. The Kier molecular flexibility index (Phi) is 5.93. The molecular formula is C17H18BrClO. The third-order valence-corrected chi connectivity index (χ3v) is 4.28. The van der Waals surface area contributed by atoms with Crippen molar-refractivity contribution in [1.29, 1.82) is 0 Å². The minimum atomic E-state index is 0.435. The van der Waals surface area contributed by atoms with Gasteiger partial charge in [-0.15, -0.1) is 11.6 Å². The van der Waals surface area contributed by atoms with Gasteiger partial charge in [-0.05, 0) is 54.2 Å². The molecule has 2 rings (SSSR count). The summed E-state index contributed by atoms with van der Waals surface area (Å²) in [6.07, 6.45) is 1.96. The van der Waals surface area contributed by atoms with Gasteiger partial charge in [0.15, 0.2) is 0 Å². The molecule has 1 nitrogen and oxygen atoms in total. The average Bonchev–Trinajstić information content (AvgIpc) is 2.49. The maximum Gasteiger partial charge on any atom is 0.119 e. The lowest BCUT2D eigenvalue weighted by Crippen LogP contribution is -2.10. The number of hydrogen-bond acceptors (Lipinski definition) is 1. The topological polar surface area (TPSA) is 9.23 Å². The van der Waals surface area contributed by atoms with Crippen molar-refractivity contribution < 1.29 is 4.74 Å². The van der Waals surface area contributed by atoms with Gasteiger partial charge in [0.1, 0.15) is 5.75 Å². The van der Waals surface area contributed by atoms with E-state index in [0.717, 1.165) is 23.1 Å². The predicted octanol–water partition coefficient (Wildman–Crippen LogP) is 5.10. The van der Waals surface area contributed by atoms with E-state index in [-0.39, 0.29) is 0 Å². The second kappa shape index (κ2) is 7.70. The highest BCUT2D eigenvalue weighted by atomic mass is 79.9. The number of alkyl halides is 1. The molecule has 0 aliphatic carbocycles. The van der Waals surface area contributed by atoms with E-state index >= 15 is 0 Å². The van der Waals surface area contributed by atoms with Crippen molar-refractivity contribution >= 4 is 27.5 Å². The summed E-state index contributed by atoms with van der Waals surface area (Å²) in [4.78, 5) is 0. The molecule has 0 amide bonds. The molecule has 0 fully saturated rings. The van der Waals surface area contributed by atoms with Gasteiger partial charge >= 0.3 is 0 Å². The highest BCUT2D eigenvalue weighted by Crippen LogP contribution is 2.20. The number of rotatable bonds is 6. The van der Waals surface area contributed by atoms with Gasteiger partial charge in [0.05, 0.1) is 7.11 Å². The number of methoxy groups -OCH3 is 1. The Labute approximate surface area is 134 Å². The van der Waals surface area contributed by atoms with Gasteiger partial charge in [0.25, 0.3) is 0 Å².